The van der Waals surface area contributed by atoms with E-state index < -0.39 is 34.9 Å². The van der Waals surface area contributed by atoms with Crippen LogP contribution in [0.3, 0.4) is 0 Å². The van der Waals surface area contributed by atoms with Gasteiger partial charge in [-0.15, -0.1) is 0 Å². The molecule has 13 heteroatoms. The molecule has 200 valence electrons. The van der Waals surface area contributed by atoms with Gasteiger partial charge in [0, 0.05) is 6.54 Å². The third-order valence-corrected chi connectivity index (χ3v) is 6.41. The molecule has 36 heavy (non-hydrogen) atoms. The van der Waals surface area contributed by atoms with Crippen molar-refractivity contribution in [1.29, 1.82) is 5.41 Å². The number of nitrogens with zero attached hydrogens (tertiary/aromatic N) is 1. The zero-order valence-corrected chi connectivity index (χ0v) is 21.3. The van der Waals surface area contributed by atoms with Gasteiger partial charge in [0.25, 0.3) is 0 Å². The van der Waals surface area contributed by atoms with Crippen LogP contribution in [0, 0.1) is 5.41 Å². The summed E-state index contributed by atoms with van der Waals surface area (Å²) in [6.07, 6.45) is 4.42. The Morgan fingerprint density at radius 3 is 2.72 bits per heavy atom. The molecule has 0 radical (unpaired) electrons. The molecule has 1 aliphatic rings. The van der Waals surface area contributed by atoms with Crippen molar-refractivity contribution in [2.24, 2.45) is 11.5 Å². The molecule has 12 nitrogen and oxygen atoms in total. The number of likely N-dealkylation sites (tertiary alicyclic amines) is 1. The molecular weight excluding hydrogens is 488 g/mol. The normalized spacial score (nSPS) is 17.0. The van der Waals surface area contributed by atoms with Crippen LogP contribution in [0.4, 0.5) is 0 Å². The summed E-state index contributed by atoms with van der Waals surface area (Å²) in [5, 5.41) is 8.48. The van der Waals surface area contributed by atoms with Crippen molar-refractivity contribution in [2.45, 2.75) is 49.9 Å². The molecule has 0 aliphatic carbocycles. The van der Waals surface area contributed by atoms with E-state index >= 15 is 0 Å². The number of carbonyl (C=O) groups is 4. The van der Waals surface area contributed by atoms with Gasteiger partial charge in [0.2, 0.25) is 11.8 Å². The third kappa shape index (κ3) is 11.1. The lowest BCUT2D eigenvalue weighted by atomic mass is 10.1. The number of rotatable bonds is 12. The lowest BCUT2D eigenvalue weighted by Gasteiger charge is -2.25. The lowest BCUT2D eigenvalue weighted by molar-refractivity contribution is -0.137. The molecule has 2 unspecified atom stereocenters. The average Bonchev–Trinajstić information content (AvgIpc) is 3.03. The summed E-state index contributed by atoms with van der Waals surface area (Å²) < 4.78 is 20.3. The second-order valence-electron chi connectivity index (χ2n) is 8.02. The lowest BCUT2D eigenvalue weighted by Crippen LogP contribution is -2.50. The minimum Gasteiger partial charge on any atom is -0.465 e. The maximum absolute atomic E-state index is 13.0. The van der Waals surface area contributed by atoms with Crippen molar-refractivity contribution in [3.05, 3.63) is 35.4 Å². The quantitative estimate of drug-likeness (QED) is 0.105. The second kappa shape index (κ2) is 17.3. The van der Waals surface area contributed by atoms with Crippen molar-refractivity contribution in [2.75, 3.05) is 26.7 Å². The van der Waals surface area contributed by atoms with Crippen LogP contribution in [0.15, 0.2) is 24.3 Å². The number of benzene rings is 1. The predicted molar refractivity (Wildman–Crippen MR) is 136 cm³/mol. The van der Waals surface area contributed by atoms with Crippen molar-refractivity contribution >= 4 is 41.4 Å². The summed E-state index contributed by atoms with van der Waals surface area (Å²) in [6.45, 7) is 0.660. The number of ether oxygens (including phenoxy) is 1. The van der Waals surface area contributed by atoms with Gasteiger partial charge in [-0.3, -0.25) is 15.0 Å². The first kappa shape index (κ1) is 30.9. The van der Waals surface area contributed by atoms with Gasteiger partial charge in [-0.05, 0) is 56.3 Å². The molecule has 1 heterocycles. The van der Waals surface area contributed by atoms with Gasteiger partial charge in [0.15, 0.2) is 0 Å². The number of hydrogen-bond donors (Lipinski definition) is 5. The van der Waals surface area contributed by atoms with Crippen LogP contribution in [-0.2, 0) is 35.9 Å². The summed E-state index contributed by atoms with van der Waals surface area (Å²) in [6, 6.07) is 5.30. The molecular formula is C23H36N6O6S. The Morgan fingerprint density at radius 1 is 1.36 bits per heavy atom. The number of hydrogen-bond acceptors (Lipinski definition) is 8. The van der Waals surface area contributed by atoms with Gasteiger partial charge in [-0.2, -0.15) is 0 Å². The number of nitrogens with one attached hydrogen (secondary N) is 3. The second-order valence-corrected chi connectivity index (χ2v) is 9.23. The highest BCUT2D eigenvalue weighted by molar-refractivity contribution is 7.82. The van der Waals surface area contributed by atoms with Gasteiger partial charge in [-0.25, -0.2) is 13.7 Å². The summed E-state index contributed by atoms with van der Waals surface area (Å²) in [4.78, 5) is 49.6. The van der Waals surface area contributed by atoms with E-state index in [1.165, 1.54) is 12.0 Å². The fourth-order valence-electron chi connectivity index (χ4n) is 3.57. The Hall–Kier alpha value is -3.16. The maximum atomic E-state index is 13.0. The molecule has 0 spiro atoms. The monoisotopic (exact) mass is 524 g/mol. The topological polar surface area (TPSA) is 198 Å². The molecule has 3 atom stereocenters. The number of methoxy groups -OCH3 is 1. The fraction of sp³-hybridized carbons (Fsp3) is 0.522. The first-order valence-electron chi connectivity index (χ1n) is 11.6. The van der Waals surface area contributed by atoms with Crippen LogP contribution >= 0.6 is 0 Å². The number of nitrogens with two attached hydrogens (primary N) is 2. The smallest absolute Gasteiger partial charge is 0.337 e. The van der Waals surface area contributed by atoms with Crippen LogP contribution in [0.25, 0.3) is 0 Å². The average molecular weight is 525 g/mol. The highest BCUT2D eigenvalue weighted by atomic mass is 32.2. The number of carbonyl (C=O) groups excluding carboxylic acids is 4. The van der Waals surface area contributed by atoms with Crippen molar-refractivity contribution in [1.82, 2.24) is 14.9 Å². The first-order chi connectivity index (χ1) is 17.3. The Labute approximate surface area is 213 Å². The van der Waals surface area contributed by atoms with E-state index in [1.807, 2.05) is 0 Å². The first-order valence-corrected chi connectivity index (χ1v) is 12.9. The van der Waals surface area contributed by atoms with E-state index in [-0.39, 0.29) is 18.2 Å². The number of amides is 2. The Balaban J connectivity index is 0.00000205. The highest BCUT2D eigenvalue weighted by Gasteiger charge is 2.29. The minimum atomic E-state index is -1.57. The summed E-state index contributed by atoms with van der Waals surface area (Å²) in [7, 11) is -0.281. The third-order valence-electron chi connectivity index (χ3n) is 5.26. The van der Waals surface area contributed by atoms with Crippen LogP contribution in [0.5, 0.6) is 0 Å². The Morgan fingerprint density at radius 2 is 2.08 bits per heavy atom. The molecule has 0 bridgehead atoms. The molecule has 1 aromatic rings. The molecule has 0 saturated carbocycles. The molecule has 0 aromatic heterocycles. The molecule has 1 aromatic carbocycles. The van der Waals surface area contributed by atoms with E-state index in [0.29, 0.717) is 49.8 Å². The molecule has 1 aliphatic heterocycles. The van der Waals surface area contributed by atoms with Crippen molar-refractivity contribution in [3.63, 3.8) is 0 Å². The SMILES string of the molecule is COC(=O)c1cccc(CS(=O)N[C@H]2CCCCN(CC(=O)NC(C=O)CCCN)C2=O)c1.N=CN. The van der Waals surface area contributed by atoms with E-state index in [0.717, 1.165) is 19.2 Å². The van der Waals surface area contributed by atoms with E-state index in [9.17, 15) is 23.4 Å². The Kier molecular flexibility index (Phi) is 14.8. The zero-order chi connectivity index (χ0) is 26.9. The Bertz CT molecular complexity index is 915. The summed E-state index contributed by atoms with van der Waals surface area (Å²) in [5.74, 6) is -1.09. The fourth-order valence-corrected chi connectivity index (χ4v) is 4.67. The largest absolute Gasteiger partial charge is 0.465 e. The van der Waals surface area contributed by atoms with Gasteiger partial charge >= 0.3 is 5.97 Å². The van der Waals surface area contributed by atoms with Gasteiger partial charge < -0.3 is 31.2 Å². The number of aldehydes is 1. The molecule has 7 N–H and O–H groups in total. The summed E-state index contributed by atoms with van der Waals surface area (Å²) >= 11 is 0. The van der Waals surface area contributed by atoms with Crippen molar-refractivity contribution in [3.8, 4) is 0 Å². The van der Waals surface area contributed by atoms with Crippen LogP contribution in [0.1, 0.15) is 48.0 Å². The van der Waals surface area contributed by atoms with Gasteiger partial charge in [0.05, 0.1) is 54.4 Å². The van der Waals surface area contributed by atoms with E-state index in [1.54, 1.807) is 24.3 Å². The standard InChI is InChI=1S/C22H32N4O6S.CH4N2/c1-32-22(30)17-7-4-6-16(12-17)15-33(31)25-19-9-2-3-11-26(21(19)29)13-20(28)24-18(14-27)8-5-10-23;2-1-3/h4,6-7,12,14,18-19,25H,2-3,5,8-11,13,15,23H2,1H3,(H,24,28);1H,(H3,2,3)/t18?,19-,33?;/m0./s1. The molecule has 1 fully saturated rings. The molecule has 1 saturated heterocycles. The van der Waals surface area contributed by atoms with E-state index in [4.69, 9.17) is 15.9 Å². The predicted octanol–water partition coefficient (Wildman–Crippen LogP) is -0.418. The maximum Gasteiger partial charge on any atom is 0.337 e. The zero-order valence-electron chi connectivity index (χ0n) is 20.4. The van der Waals surface area contributed by atoms with Crippen LogP contribution in [0.2, 0.25) is 0 Å². The van der Waals surface area contributed by atoms with Crippen LogP contribution < -0.4 is 21.5 Å². The van der Waals surface area contributed by atoms with Crippen molar-refractivity contribution < 1.29 is 28.1 Å². The van der Waals surface area contributed by atoms with Gasteiger partial charge in [-0.1, -0.05) is 12.1 Å². The minimum absolute atomic E-state index is 0.108. The molecule has 2 amide bonds. The van der Waals surface area contributed by atoms with E-state index in [2.05, 4.69) is 15.8 Å². The van der Waals surface area contributed by atoms with Gasteiger partial charge in [0.1, 0.15) is 6.29 Å². The van der Waals surface area contributed by atoms with Crippen LogP contribution in [-0.4, -0.2) is 78.3 Å². The summed E-state index contributed by atoms with van der Waals surface area (Å²) in [5.41, 5.74) is 10.9. The molecule has 2 rings (SSSR count). The highest BCUT2D eigenvalue weighted by Crippen LogP contribution is 2.14. The number of esters is 1.